The molecule has 0 radical (unpaired) electrons. The summed E-state index contributed by atoms with van der Waals surface area (Å²) < 4.78 is 5.42. The van der Waals surface area contributed by atoms with Crippen LogP contribution in [0.25, 0.3) is 6.08 Å². The third-order valence-corrected chi connectivity index (χ3v) is 2.66. The summed E-state index contributed by atoms with van der Waals surface area (Å²) in [6.07, 6.45) is 8.72. The molecule has 90 valence electrons. The molecule has 1 aliphatic rings. The number of hydrogen-bond donors (Lipinski definition) is 1. The van der Waals surface area contributed by atoms with Gasteiger partial charge in [0.2, 0.25) is 0 Å². The largest absolute Gasteiger partial charge is 0.490 e. The standard InChI is InChI=1S/C15H19NO/c1-2-12-17-15-9-5-13(6-10-15)4-3-11-16-14-7-8-14/h2-6,9-10,14,16H,1,7-8,11-12H2. The van der Waals surface area contributed by atoms with Crippen LogP contribution in [0.3, 0.4) is 0 Å². The van der Waals surface area contributed by atoms with Crippen molar-refractivity contribution in [2.45, 2.75) is 18.9 Å². The smallest absolute Gasteiger partial charge is 0.119 e. The first kappa shape index (κ1) is 11.9. The molecule has 0 bridgehead atoms. The lowest BCUT2D eigenvalue weighted by Crippen LogP contribution is -2.15. The fourth-order valence-corrected chi connectivity index (χ4v) is 1.55. The minimum absolute atomic E-state index is 0.556. The summed E-state index contributed by atoms with van der Waals surface area (Å²) in [5.74, 6) is 0.887. The Morgan fingerprint density at radius 1 is 1.29 bits per heavy atom. The molecule has 1 fully saturated rings. The second-order valence-corrected chi connectivity index (χ2v) is 4.25. The first-order valence-corrected chi connectivity index (χ1v) is 6.12. The van der Waals surface area contributed by atoms with Gasteiger partial charge in [0.1, 0.15) is 12.4 Å². The number of rotatable bonds is 7. The van der Waals surface area contributed by atoms with E-state index in [0.29, 0.717) is 6.61 Å². The van der Waals surface area contributed by atoms with Gasteiger partial charge in [0, 0.05) is 12.6 Å². The quantitative estimate of drug-likeness (QED) is 0.726. The Hall–Kier alpha value is -1.54. The lowest BCUT2D eigenvalue weighted by Gasteiger charge is -2.02. The maximum absolute atomic E-state index is 5.42. The molecule has 1 aliphatic carbocycles. The molecule has 1 saturated carbocycles. The average molecular weight is 229 g/mol. The molecule has 1 N–H and O–H groups in total. The Morgan fingerprint density at radius 2 is 2.06 bits per heavy atom. The van der Waals surface area contributed by atoms with Gasteiger partial charge in [0.25, 0.3) is 0 Å². The van der Waals surface area contributed by atoms with E-state index >= 15 is 0 Å². The summed E-state index contributed by atoms with van der Waals surface area (Å²) in [5.41, 5.74) is 1.20. The van der Waals surface area contributed by atoms with E-state index in [0.717, 1.165) is 18.3 Å². The van der Waals surface area contributed by atoms with E-state index in [9.17, 15) is 0 Å². The fraction of sp³-hybridized carbons (Fsp3) is 0.333. The molecule has 0 heterocycles. The molecule has 2 rings (SSSR count). The van der Waals surface area contributed by atoms with Crippen LogP contribution < -0.4 is 10.1 Å². The first-order valence-electron chi connectivity index (χ1n) is 6.12. The van der Waals surface area contributed by atoms with Crippen LogP contribution in [0.2, 0.25) is 0 Å². The summed E-state index contributed by atoms with van der Waals surface area (Å²) in [7, 11) is 0. The Bertz CT molecular complexity index is 376. The molecule has 0 spiro atoms. The molecule has 2 heteroatoms. The highest BCUT2D eigenvalue weighted by atomic mass is 16.5. The van der Waals surface area contributed by atoms with Crippen LogP contribution in [0.5, 0.6) is 5.75 Å². The second-order valence-electron chi connectivity index (χ2n) is 4.25. The van der Waals surface area contributed by atoms with Crippen molar-refractivity contribution < 1.29 is 4.74 Å². The number of ether oxygens (including phenoxy) is 1. The molecular weight excluding hydrogens is 210 g/mol. The van der Waals surface area contributed by atoms with Crippen LogP contribution >= 0.6 is 0 Å². The Morgan fingerprint density at radius 3 is 2.71 bits per heavy atom. The van der Waals surface area contributed by atoms with Crippen LogP contribution in [-0.2, 0) is 0 Å². The van der Waals surface area contributed by atoms with E-state index in [4.69, 9.17) is 4.74 Å². The van der Waals surface area contributed by atoms with E-state index in [2.05, 4.69) is 36.2 Å². The second kappa shape index (κ2) is 6.26. The first-order chi connectivity index (χ1) is 8.38. The lowest BCUT2D eigenvalue weighted by molar-refractivity contribution is 0.363. The molecular formula is C15H19NO. The van der Waals surface area contributed by atoms with Gasteiger partial charge >= 0.3 is 0 Å². The molecule has 1 aromatic carbocycles. The van der Waals surface area contributed by atoms with Gasteiger partial charge in [-0.2, -0.15) is 0 Å². The zero-order chi connectivity index (χ0) is 11.9. The van der Waals surface area contributed by atoms with Gasteiger partial charge in [-0.1, -0.05) is 36.9 Å². The van der Waals surface area contributed by atoms with Gasteiger partial charge in [-0.3, -0.25) is 0 Å². The third kappa shape index (κ3) is 4.45. The Kier molecular flexibility index (Phi) is 4.39. The van der Waals surface area contributed by atoms with Crippen LogP contribution in [0.1, 0.15) is 18.4 Å². The maximum atomic E-state index is 5.42. The molecule has 0 saturated heterocycles. The van der Waals surface area contributed by atoms with Crippen molar-refractivity contribution in [3.63, 3.8) is 0 Å². The Labute approximate surface area is 103 Å². The van der Waals surface area contributed by atoms with Crippen molar-refractivity contribution in [3.05, 3.63) is 48.6 Å². The maximum Gasteiger partial charge on any atom is 0.119 e. The van der Waals surface area contributed by atoms with E-state index in [1.54, 1.807) is 6.08 Å². The van der Waals surface area contributed by atoms with Crippen LogP contribution in [0.4, 0.5) is 0 Å². The van der Waals surface area contributed by atoms with Gasteiger partial charge < -0.3 is 10.1 Å². The molecule has 0 aliphatic heterocycles. The van der Waals surface area contributed by atoms with Crippen molar-refractivity contribution in [1.82, 2.24) is 5.32 Å². The van der Waals surface area contributed by atoms with Crippen molar-refractivity contribution in [2.24, 2.45) is 0 Å². The van der Waals surface area contributed by atoms with Gasteiger partial charge in [-0.15, -0.1) is 0 Å². The highest BCUT2D eigenvalue weighted by Crippen LogP contribution is 2.18. The normalized spacial score (nSPS) is 15.1. The number of benzene rings is 1. The molecule has 2 nitrogen and oxygen atoms in total. The summed E-state index contributed by atoms with van der Waals surface area (Å²) >= 11 is 0. The van der Waals surface area contributed by atoms with E-state index in [1.807, 2.05) is 12.1 Å². The average Bonchev–Trinajstić information content (AvgIpc) is 3.18. The highest BCUT2D eigenvalue weighted by molar-refractivity contribution is 5.50. The monoisotopic (exact) mass is 229 g/mol. The minimum Gasteiger partial charge on any atom is -0.490 e. The molecule has 1 aromatic rings. The van der Waals surface area contributed by atoms with Crippen molar-refractivity contribution in [1.29, 1.82) is 0 Å². The lowest BCUT2D eigenvalue weighted by atomic mass is 10.2. The topological polar surface area (TPSA) is 21.3 Å². The summed E-state index contributed by atoms with van der Waals surface area (Å²) in [4.78, 5) is 0. The van der Waals surface area contributed by atoms with E-state index in [1.165, 1.54) is 18.4 Å². The number of nitrogens with one attached hydrogen (secondary N) is 1. The van der Waals surface area contributed by atoms with Gasteiger partial charge in [0.05, 0.1) is 0 Å². The van der Waals surface area contributed by atoms with Crippen molar-refractivity contribution >= 4 is 6.08 Å². The minimum atomic E-state index is 0.556. The van der Waals surface area contributed by atoms with Gasteiger partial charge in [-0.05, 0) is 30.5 Å². The number of hydrogen-bond acceptors (Lipinski definition) is 2. The zero-order valence-electron chi connectivity index (χ0n) is 10.1. The molecule has 17 heavy (non-hydrogen) atoms. The van der Waals surface area contributed by atoms with Crippen LogP contribution in [0.15, 0.2) is 43.0 Å². The molecule has 0 aromatic heterocycles. The van der Waals surface area contributed by atoms with Crippen LogP contribution in [0, 0.1) is 0 Å². The SMILES string of the molecule is C=CCOc1ccc(C=CCNC2CC2)cc1. The van der Waals surface area contributed by atoms with Gasteiger partial charge in [-0.25, -0.2) is 0 Å². The summed E-state index contributed by atoms with van der Waals surface area (Å²) in [5, 5.41) is 3.44. The van der Waals surface area contributed by atoms with Crippen LogP contribution in [-0.4, -0.2) is 19.2 Å². The predicted octanol–water partition coefficient (Wildman–Crippen LogP) is 3.02. The fourth-order valence-electron chi connectivity index (χ4n) is 1.55. The van der Waals surface area contributed by atoms with Crippen molar-refractivity contribution in [3.8, 4) is 5.75 Å². The molecule has 0 atom stereocenters. The highest BCUT2D eigenvalue weighted by Gasteiger charge is 2.18. The van der Waals surface area contributed by atoms with E-state index < -0.39 is 0 Å². The van der Waals surface area contributed by atoms with Gasteiger partial charge in [0.15, 0.2) is 0 Å². The Balaban J connectivity index is 1.77. The summed E-state index contributed by atoms with van der Waals surface area (Å²) in [6.45, 7) is 5.13. The molecule has 0 amide bonds. The summed E-state index contributed by atoms with van der Waals surface area (Å²) in [6, 6.07) is 8.86. The zero-order valence-corrected chi connectivity index (χ0v) is 10.1. The van der Waals surface area contributed by atoms with E-state index in [-0.39, 0.29) is 0 Å². The third-order valence-electron chi connectivity index (χ3n) is 2.66. The molecule has 0 unspecified atom stereocenters. The predicted molar refractivity (Wildman–Crippen MR) is 72.2 cm³/mol. The van der Waals surface area contributed by atoms with Crippen molar-refractivity contribution in [2.75, 3.05) is 13.2 Å².